The fourth-order valence-electron chi connectivity index (χ4n) is 2.71. The quantitative estimate of drug-likeness (QED) is 0.513. The summed E-state index contributed by atoms with van der Waals surface area (Å²) in [6, 6.07) is 20.8. The van der Waals surface area contributed by atoms with Gasteiger partial charge in [-0.2, -0.15) is 0 Å². The number of amides is 1. The SMILES string of the molecule is Nc1cc(F)c(F)cc1C(=O)NN(Cc1ccccc1)Cc1ccccc1. The second-order valence-corrected chi connectivity index (χ2v) is 6.12. The number of nitrogens with two attached hydrogens (primary N) is 1. The Morgan fingerprint density at radius 2 is 1.33 bits per heavy atom. The number of nitrogens with zero attached hydrogens (tertiary/aromatic N) is 1. The molecule has 0 aliphatic carbocycles. The van der Waals surface area contributed by atoms with Crippen molar-refractivity contribution >= 4 is 11.6 Å². The third kappa shape index (κ3) is 4.89. The van der Waals surface area contributed by atoms with Crippen LogP contribution in [-0.4, -0.2) is 10.9 Å². The first-order chi connectivity index (χ1) is 13.0. The summed E-state index contributed by atoms with van der Waals surface area (Å²) in [5, 5.41) is 1.70. The third-order valence-electron chi connectivity index (χ3n) is 4.03. The van der Waals surface area contributed by atoms with Crippen LogP contribution in [0.1, 0.15) is 21.5 Å². The predicted molar refractivity (Wildman–Crippen MR) is 100 cm³/mol. The number of nitrogen functional groups attached to an aromatic ring is 1. The van der Waals surface area contributed by atoms with Gasteiger partial charge in [0.2, 0.25) is 0 Å². The van der Waals surface area contributed by atoms with E-state index in [4.69, 9.17) is 5.73 Å². The van der Waals surface area contributed by atoms with Gasteiger partial charge in [-0.3, -0.25) is 10.2 Å². The first-order valence-corrected chi connectivity index (χ1v) is 8.41. The normalized spacial score (nSPS) is 10.8. The van der Waals surface area contributed by atoms with E-state index in [1.807, 2.05) is 60.7 Å². The van der Waals surface area contributed by atoms with E-state index in [-0.39, 0.29) is 11.3 Å². The fourth-order valence-corrected chi connectivity index (χ4v) is 2.71. The van der Waals surface area contributed by atoms with Gasteiger partial charge in [0.15, 0.2) is 11.6 Å². The number of hydrogen-bond donors (Lipinski definition) is 2. The summed E-state index contributed by atoms with van der Waals surface area (Å²) in [6.07, 6.45) is 0. The Hall–Kier alpha value is -3.25. The van der Waals surface area contributed by atoms with Crippen molar-refractivity contribution in [1.29, 1.82) is 0 Å². The zero-order chi connectivity index (χ0) is 19.2. The van der Waals surface area contributed by atoms with Crippen molar-refractivity contribution in [3.8, 4) is 0 Å². The number of nitrogens with one attached hydrogen (secondary N) is 1. The van der Waals surface area contributed by atoms with E-state index in [1.165, 1.54) is 0 Å². The van der Waals surface area contributed by atoms with Crippen molar-refractivity contribution in [2.45, 2.75) is 13.1 Å². The second-order valence-electron chi connectivity index (χ2n) is 6.12. The van der Waals surface area contributed by atoms with Gasteiger partial charge in [-0.1, -0.05) is 60.7 Å². The average Bonchev–Trinajstić information content (AvgIpc) is 2.66. The van der Waals surface area contributed by atoms with Gasteiger partial charge < -0.3 is 5.73 Å². The van der Waals surface area contributed by atoms with Gasteiger partial charge >= 0.3 is 0 Å². The number of hydrogen-bond acceptors (Lipinski definition) is 3. The Kier molecular flexibility index (Phi) is 5.78. The molecule has 0 saturated heterocycles. The monoisotopic (exact) mass is 367 g/mol. The first kappa shape index (κ1) is 18.5. The molecule has 1 amide bonds. The van der Waals surface area contributed by atoms with Gasteiger partial charge in [0.05, 0.1) is 5.56 Å². The number of hydrazine groups is 1. The predicted octanol–water partition coefficient (Wildman–Crippen LogP) is 3.89. The lowest BCUT2D eigenvalue weighted by molar-refractivity contribution is 0.0759. The van der Waals surface area contributed by atoms with Gasteiger partial charge in [0.1, 0.15) is 0 Å². The molecule has 138 valence electrons. The molecule has 0 atom stereocenters. The van der Waals surface area contributed by atoms with E-state index in [9.17, 15) is 13.6 Å². The van der Waals surface area contributed by atoms with Crippen LogP contribution in [-0.2, 0) is 13.1 Å². The number of benzene rings is 3. The summed E-state index contributed by atoms with van der Waals surface area (Å²) in [5.41, 5.74) is 10.2. The molecule has 0 bridgehead atoms. The molecule has 0 fully saturated rings. The Labute approximate surface area is 156 Å². The van der Waals surface area contributed by atoms with Crippen molar-refractivity contribution < 1.29 is 13.6 Å². The smallest absolute Gasteiger partial charge is 0.267 e. The van der Waals surface area contributed by atoms with Crippen LogP contribution in [0.3, 0.4) is 0 Å². The average molecular weight is 367 g/mol. The first-order valence-electron chi connectivity index (χ1n) is 8.41. The van der Waals surface area contributed by atoms with Crippen LogP contribution in [0.25, 0.3) is 0 Å². The van der Waals surface area contributed by atoms with Crippen molar-refractivity contribution in [3.05, 3.63) is 101 Å². The van der Waals surface area contributed by atoms with Crippen LogP contribution < -0.4 is 11.2 Å². The maximum absolute atomic E-state index is 13.5. The largest absolute Gasteiger partial charge is 0.398 e. The van der Waals surface area contributed by atoms with Gasteiger partial charge in [0, 0.05) is 24.8 Å². The summed E-state index contributed by atoms with van der Waals surface area (Å²) < 4.78 is 26.8. The van der Waals surface area contributed by atoms with Gasteiger partial charge in [-0.15, -0.1) is 0 Å². The highest BCUT2D eigenvalue weighted by atomic mass is 19.2. The summed E-state index contributed by atoms with van der Waals surface area (Å²) in [7, 11) is 0. The molecule has 0 unspecified atom stereocenters. The molecule has 6 heteroatoms. The summed E-state index contributed by atoms with van der Waals surface area (Å²) >= 11 is 0. The molecule has 0 aliphatic heterocycles. The highest BCUT2D eigenvalue weighted by Crippen LogP contribution is 2.17. The Balaban J connectivity index is 1.82. The number of rotatable bonds is 6. The highest BCUT2D eigenvalue weighted by Gasteiger charge is 2.17. The lowest BCUT2D eigenvalue weighted by atomic mass is 10.1. The lowest BCUT2D eigenvalue weighted by Crippen LogP contribution is -2.41. The van der Waals surface area contributed by atoms with Crippen molar-refractivity contribution in [2.75, 3.05) is 5.73 Å². The van der Waals surface area contributed by atoms with Crippen LogP contribution >= 0.6 is 0 Å². The third-order valence-corrected chi connectivity index (χ3v) is 4.03. The number of carbonyl (C=O) groups is 1. The molecule has 0 aliphatic rings. The van der Waals surface area contributed by atoms with Crippen molar-refractivity contribution in [3.63, 3.8) is 0 Å². The molecule has 0 saturated carbocycles. The number of anilines is 1. The highest BCUT2D eigenvalue weighted by molar-refractivity contribution is 5.98. The van der Waals surface area contributed by atoms with Crippen LogP contribution in [0, 0.1) is 11.6 Å². The molecule has 3 aromatic rings. The maximum atomic E-state index is 13.5. The molecule has 0 radical (unpaired) electrons. The maximum Gasteiger partial charge on any atom is 0.267 e. The lowest BCUT2D eigenvalue weighted by Gasteiger charge is -2.24. The zero-order valence-electron chi connectivity index (χ0n) is 14.5. The summed E-state index contributed by atoms with van der Waals surface area (Å²) in [6.45, 7) is 0.871. The van der Waals surface area contributed by atoms with Crippen LogP contribution in [0.4, 0.5) is 14.5 Å². The Morgan fingerprint density at radius 1 is 0.852 bits per heavy atom. The van der Waals surface area contributed by atoms with E-state index < -0.39 is 17.5 Å². The van der Waals surface area contributed by atoms with Crippen molar-refractivity contribution in [1.82, 2.24) is 10.4 Å². The number of halogens is 2. The van der Waals surface area contributed by atoms with Crippen LogP contribution in [0.2, 0.25) is 0 Å². The minimum absolute atomic E-state index is 0.111. The molecule has 0 aromatic heterocycles. The van der Waals surface area contributed by atoms with Crippen LogP contribution in [0.5, 0.6) is 0 Å². The standard InChI is InChI=1S/C21H19F2N3O/c22-18-11-17(20(24)12-19(18)23)21(27)25-26(13-15-7-3-1-4-8-15)14-16-9-5-2-6-10-16/h1-12H,13-14,24H2,(H,25,27). The van der Waals surface area contributed by atoms with E-state index in [0.717, 1.165) is 23.3 Å². The minimum Gasteiger partial charge on any atom is -0.398 e. The summed E-state index contributed by atoms with van der Waals surface area (Å²) in [4.78, 5) is 12.6. The molecule has 4 nitrogen and oxygen atoms in total. The van der Waals surface area contributed by atoms with Gasteiger partial charge in [-0.25, -0.2) is 13.8 Å². The Bertz CT molecular complexity index is 876. The van der Waals surface area contributed by atoms with E-state index in [2.05, 4.69) is 5.43 Å². The van der Waals surface area contributed by atoms with E-state index in [0.29, 0.717) is 13.1 Å². The minimum atomic E-state index is -1.12. The summed E-state index contributed by atoms with van der Waals surface area (Å²) in [5.74, 6) is -2.81. The molecule has 0 spiro atoms. The molecule has 27 heavy (non-hydrogen) atoms. The van der Waals surface area contributed by atoms with E-state index >= 15 is 0 Å². The fraction of sp³-hybridized carbons (Fsp3) is 0.0952. The van der Waals surface area contributed by atoms with Crippen LogP contribution in [0.15, 0.2) is 72.8 Å². The molecule has 0 heterocycles. The molecule has 3 aromatic carbocycles. The Morgan fingerprint density at radius 3 is 1.85 bits per heavy atom. The molecule has 3 rings (SSSR count). The topological polar surface area (TPSA) is 58.4 Å². The van der Waals surface area contributed by atoms with Gasteiger partial charge in [0.25, 0.3) is 5.91 Å². The number of carbonyl (C=O) groups excluding carboxylic acids is 1. The molecular formula is C21H19F2N3O. The molecular weight excluding hydrogens is 348 g/mol. The van der Waals surface area contributed by atoms with Crippen molar-refractivity contribution in [2.24, 2.45) is 0 Å². The van der Waals surface area contributed by atoms with Gasteiger partial charge in [-0.05, 0) is 17.2 Å². The zero-order valence-corrected chi connectivity index (χ0v) is 14.5. The van der Waals surface area contributed by atoms with E-state index in [1.54, 1.807) is 5.01 Å². The molecule has 3 N–H and O–H groups in total. The second kappa shape index (κ2) is 8.42.